The molecular formula is C14H10BrCl2NO3. The van der Waals surface area contributed by atoms with E-state index in [1.807, 2.05) is 0 Å². The van der Waals surface area contributed by atoms with Crippen molar-refractivity contribution >= 4 is 44.8 Å². The SMILES string of the molecule is O=[N+]([O-])c1cc(Br)ccc1COc1ccc(Cl)cc1CCl. The van der Waals surface area contributed by atoms with E-state index < -0.39 is 4.92 Å². The molecule has 0 fully saturated rings. The maximum atomic E-state index is 11.0. The number of hydrogen-bond acceptors (Lipinski definition) is 3. The summed E-state index contributed by atoms with van der Waals surface area (Å²) in [6, 6.07) is 9.92. The first-order valence-corrected chi connectivity index (χ1v) is 7.62. The molecule has 0 atom stereocenters. The maximum absolute atomic E-state index is 11.0. The molecule has 0 aromatic heterocycles. The molecule has 0 saturated carbocycles. The Balaban J connectivity index is 2.22. The summed E-state index contributed by atoms with van der Waals surface area (Å²) in [6.07, 6.45) is 0. The first-order valence-electron chi connectivity index (χ1n) is 5.91. The lowest BCUT2D eigenvalue weighted by molar-refractivity contribution is -0.385. The number of nitrogens with zero attached hydrogens (tertiary/aromatic N) is 1. The van der Waals surface area contributed by atoms with E-state index in [1.54, 1.807) is 30.3 Å². The van der Waals surface area contributed by atoms with Crippen molar-refractivity contribution in [2.75, 3.05) is 0 Å². The van der Waals surface area contributed by atoms with Crippen LogP contribution in [0.25, 0.3) is 0 Å². The molecular weight excluding hydrogens is 381 g/mol. The Kier molecular flexibility index (Phi) is 5.45. The predicted molar refractivity (Wildman–Crippen MR) is 86.1 cm³/mol. The summed E-state index contributed by atoms with van der Waals surface area (Å²) >= 11 is 14.9. The molecule has 0 aliphatic heterocycles. The van der Waals surface area contributed by atoms with Crippen LogP contribution in [-0.2, 0) is 12.5 Å². The Labute approximate surface area is 139 Å². The van der Waals surface area contributed by atoms with Crippen LogP contribution in [0.5, 0.6) is 5.75 Å². The smallest absolute Gasteiger partial charge is 0.277 e. The predicted octanol–water partition coefficient (Wildman–Crippen LogP) is 5.33. The number of benzene rings is 2. The molecule has 21 heavy (non-hydrogen) atoms. The third-order valence-electron chi connectivity index (χ3n) is 2.79. The topological polar surface area (TPSA) is 52.4 Å². The Morgan fingerprint density at radius 2 is 1.95 bits per heavy atom. The van der Waals surface area contributed by atoms with Crippen LogP contribution in [0, 0.1) is 10.1 Å². The summed E-state index contributed by atoms with van der Waals surface area (Å²) in [5.41, 5.74) is 1.23. The maximum Gasteiger partial charge on any atom is 0.277 e. The highest BCUT2D eigenvalue weighted by atomic mass is 79.9. The van der Waals surface area contributed by atoms with Gasteiger partial charge in [-0.25, -0.2) is 0 Å². The molecule has 7 heteroatoms. The van der Waals surface area contributed by atoms with Crippen molar-refractivity contribution in [2.45, 2.75) is 12.5 Å². The highest BCUT2D eigenvalue weighted by Gasteiger charge is 2.15. The molecule has 0 aliphatic carbocycles. The molecule has 0 saturated heterocycles. The lowest BCUT2D eigenvalue weighted by Crippen LogP contribution is -2.02. The molecule has 0 N–H and O–H groups in total. The first kappa shape index (κ1) is 16.1. The van der Waals surface area contributed by atoms with Crippen molar-refractivity contribution in [3.8, 4) is 5.75 Å². The summed E-state index contributed by atoms with van der Waals surface area (Å²) in [7, 11) is 0. The van der Waals surface area contributed by atoms with Crippen molar-refractivity contribution in [3.63, 3.8) is 0 Å². The first-order chi connectivity index (χ1) is 10.0. The van der Waals surface area contributed by atoms with Crippen LogP contribution in [-0.4, -0.2) is 4.92 Å². The average Bonchev–Trinajstić information content (AvgIpc) is 2.46. The zero-order valence-corrected chi connectivity index (χ0v) is 13.8. The van der Waals surface area contributed by atoms with Gasteiger partial charge < -0.3 is 4.74 Å². The van der Waals surface area contributed by atoms with Gasteiger partial charge in [-0.2, -0.15) is 0 Å². The molecule has 0 heterocycles. The van der Waals surface area contributed by atoms with Crippen molar-refractivity contribution < 1.29 is 9.66 Å². The van der Waals surface area contributed by atoms with E-state index in [1.165, 1.54) is 6.07 Å². The Bertz CT molecular complexity index is 679. The van der Waals surface area contributed by atoms with Gasteiger partial charge in [0.05, 0.1) is 16.4 Å². The molecule has 2 aromatic rings. The minimum Gasteiger partial charge on any atom is -0.488 e. The number of nitro benzene ring substituents is 1. The van der Waals surface area contributed by atoms with E-state index in [4.69, 9.17) is 27.9 Å². The van der Waals surface area contributed by atoms with Crippen LogP contribution >= 0.6 is 39.1 Å². The van der Waals surface area contributed by atoms with Gasteiger partial charge in [-0.05, 0) is 30.3 Å². The van der Waals surface area contributed by atoms with Crippen molar-refractivity contribution in [1.82, 2.24) is 0 Å². The van der Waals surface area contributed by atoms with Gasteiger partial charge in [0.2, 0.25) is 0 Å². The Hall–Kier alpha value is -1.30. The fourth-order valence-electron chi connectivity index (χ4n) is 1.78. The van der Waals surface area contributed by atoms with Gasteiger partial charge in [-0.3, -0.25) is 10.1 Å². The lowest BCUT2D eigenvalue weighted by Gasteiger charge is -2.10. The summed E-state index contributed by atoms with van der Waals surface area (Å²) < 4.78 is 6.28. The molecule has 2 aromatic carbocycles. The molecule has 0 bridgehead atoms. The number of alkyl halides is 1. The summed E-state index contributed by atoms with van der Waals surface area (Å²) in [5, 5.41) is 11.6. The van der Waals surface area contributed by atoms with E-state index in [9.17, 15) is 10.1 Å². The molecule has 4 nitrogen and oxygen atoms in total. The fourth-order valence-corrected chi connectivity index (χ4v) is 2.53. The van der Waals surface area contributed by atoms with Crippen molar-refractivity contribution in [2.24, 2.45) is 0 Å². The molecule has 0 amide bonds. The number of hydrogen-bond donors (Lipinski definition) is 0. The molecule has 0 radical (unpaired) electrons. The van der Waals surface area contributed by atoms with Gasteiger partial charge in [0, 0.05) is 21.1 Å². The molecule has 0 aliphatic rings. The summed E-state index contributed by atoms with van der Waals surface area (Å²) in [5.74, 6) is 0.810. The average molecular weight is 391 g/mol. The van der Waals surface area contributed by atoms with Crippen LogP contribution in [0.1, 0.15) is 11.1 Å². The van der Waals surface area contributed by atoms with Crippen molar-refractivity contribution in [3.05, 3.63) is 67.1 Å². The number of halogens is 3. The molecule has 2 rings (SSSR count). The van der Waals surface area contributed by atoms with E-state index >= 15 is 0 Å². The van der Waals surface area contributed by atoms with Gasteiger partial charge in [0.15, 0.2) is 0 Å². The van der Waals surface area contributed by atoms with Gasteiger partial charge in [0.1, 0.15) is 12.4 Å². The number of ether oxygens (including phenoxy) is 1. The third-order valence-corrected chi connectivity index (χ3v) is 3.81. The second kappa shape index (κ2) is 7.11. The van der Waals surface area contributed by atoms with Crippen LogP contribution in [0.15, 0.2) is 40.9 Å². The lowest BCUT2D eigenvalue weighted by atomic mass is 10.2. The van der Waals surface area contributed by atoms with Crippen LogP contribution in [0.2, 0.25) is 5.02 Å². The molecule has 110 valence electrons. The Morgan fingerprint density at radius 1 is 1.19 bits per heavy atom. The van der Waals surface area contributed by atoms with Gasteiger partial charge >= 0.3 is 0 Å². The van der Waals surface area contributed by atoms with Crippen molar-refractivity contribution in [1.29, 1.82) is 0 Å². The van der Waals surface area contributed by atoms with E-state index in [-0.39, 0.29) is 18.2 Å². The normalized spacial score (nSPS) is 10.4. The number of rotatable bonds is 5. The minimum absolute atomic E-state index is 0.00534. The van der Waals surface area contributed by atoms with Gasteiger partial charge in [0.25, 0.3) is 5.69 Å². The van der Waals surface area contributed by atoms with Gasteiger partial charge in [-0.1, -0.05) is 27.5 Å². The number of nitro groups is 1. The van der Waals surface area contributed by atoms with Crippen LogP contribution in [0.4, 0.5) is 5.69 Å². The third kappa shape index (κ3) is 4.09. The minimum atomic E-state index is -0.437. The van der Waals surface area contributed by atoms with E-state index in [0.717, 1.165) is 5.56 Å². The Morgan fingerprint density at radius 3 is 2.62 bits per heavy atom. The molecule has 0 unspecified atom stereocenters. The second-order valence-corrected chi connectivity index (χ2v) is 5.82. The quantitative estimate of drug-likeness (QED) is 0.394. The monoisotopic (exact) mass is 389 g/mol. The zero-order chi connectivity index (χ0) is 15.4. The molecule has 0 spiro atoms. The largest absolute Gasteiger partial charge is 0.488 e. The zero-order valence-electron chi connectivity index (χ0n) is 10.7. The standard InChI is InChI=1S/C14H10BrCl2NO3/c15-11-2-1-9(13(6-11)18(19)20)8-21-14-4-3-12(17)5-10(14)7-16/h1-6H,7-8H2. The fraction of sp³-hybridized carbons (Fsp3) is 0.143. The van der Waals surface area contributed by atoms with Crippen LogP contribution in [0.3, 0.4) is 0 Å². The summed E-state index contributed by atoms with van der Waals surface area (Å²) in [4.78, 5) is 10.6. The summed E-state index contributed by atoms with van der Waals surface area (Å²) in [6.45, 7) is 0.0785. The second-order valence-electron chi connectivity index (χ2n) is 4.20. The van der Waals surface area contributed by atoms with E-state index in [0.29, 0.717) is 20.8 Å². The highest BCUT2D eigenvalue weighted by Crippen LogP contribution is 2.28. The van der Waals surface area contributed by atoms with Crippen LogP contribution < -0.4 is 4.74 Å². The van der Waals surface area contributed by atoms with Gasteiger partial charge in [-0.15, -0.1) is 11.6 Å². The highest BCUT2D eigenvalue weighted by molar-refractivity contribution is 9.10. The van der Waals surface area contributed by atoms with E-state index in [2.05, 4.69) is 15.9 Å².